The third-order valence-corrected chi connectivity index (χ3v) is 0. The van der Waals surface area contributed by atoms with E-state index in [0.29, 0.717) is 0 Å². The summed E-state index contributed by atoms with van der Waals surface area (Å²) < 4.78 is 0. The summed E-state index contributed by atoms with van der Waals surface area (Å²) in [7, 11) is 0. The van der Waals surface area contributed by atoms with Crippen molar-refractivity contribution < 1.29 is 11.0 Å². The third kappa shape index (κ3) is 147. The van der Waals surface area contributed by atoms with Gasteiger partial charge in [-0.1, -0.05) is 0 Å². The predicted octanol–water partition coefficient (Wildman–Crippen LogP) is -4.93. The fourth-order valence-corrected chi connectivity index (χ4v) is 0. The molecule has 0 aliphatic carbocycles. The van der Waals surface area contributed by atoms with Crippen LogP contribution >= 0.6 is 0 Å². The fourth-order valence-electron chi connectivity index (χ4n) is 0. The van der Waals surface area contributed by atoms with Gasteiger partial charge < -0.3 is 11.0 Å². The average Bonchev–Trinajstić information content (AvgIpc) is 0. The smallest absolute Gasteiger partial charge is 0 e. The fraction of sp³-hybridized carbons (Fsp3) is 0. The molecule has 3 radical (unpaired) electrons. The standard InChI is InChI=1S/B.2H2O.2H4Si/h;2*1H2;2*1H4. The van der Waals surface area contributed by atoms with Gasteiger partial charge in [-0.3, -0.25) is 0 Å². The van der Waals surface area contributed by atoms with E-state index < -0.39 is 0 Å². The second-order valence-electron chi connectivity index (χ2n) is 0. The van der Waals surface area contributed by atoms with Crippen LogP contribution in [0.4, 0.5) is 0 Å². The van der Waals surface area contributed by atoms with E-state index in [1.807, 2.05) is 0 Å². The van der Waals surface area contributed by atoms with E-state index >= 15 is 0 Å². The summed E-state index contributed by atoms with van der Waals surface area (Å²) >= 11 is 0. The summed E-state index contributed by atoms with van der Waals surface area (Å²) in [5, 5.41) is 0. The van der Waals surface area contributed by atoms with E-state index in [1.165, 1.54) is 0 Å². The molecular weight excluding hydrogens is 99.0 g/mol. The molecule has 0 aliphatic heterocycles. The zero-order chi connectivity index (χ0) is 0. The van der Waals surface area contributed by atoms with Crippen molar-refractivity contribution in [2.45, 2.75) is 0 Å². The van der Waals surface area contributed by atoms with Crippen LogP contribution in [0.25, 0.3) is 0 Å². The number of rotatable bonds is 0. The van der Waals surface area contributed by atoms with Gasteiger partial charge in [-0.2, -0.15) is 0 Å². The molecule has 0 bridgehead atoms. The van der Waals surface area contributed by atoms with Crippen molar-refractivity contribution in [3.63, 3.8) is 0 Å². The van der Waals surface area contributed by atoms with Gasteiger partial charge in [0.15, 0.2) is 0 Å². The molecule has 4 N–H and O–H groups in total. The Balaban J connectivity index is 0. The van der Waals surface area contributed by atoms with E-state index in [-0.39, 0.29) is 41.3 Å². The van der Waals surface area contributed by atoms with Crippen molar-refractivity contribution in [2.24, 2.45) is 0 Å². The van der Waals surface area contributed by atoms with Gasteiger partial charge in [0, 0.05) is 8.41 Å². The maximum absolute atomic E-state index is 0. The molecule has 0 atom stereocenters. The van der Waals surface area contributed by atoms with Gasteiger partial charge in [-0.05, 0) is 21.9 Å². The highest BCUT2D eigenvalue weighted by Crippen LogP contribution is -0.288. The molecule has 2 nitrogen and oxygen atoms in total. The first-order valence-electron chi connectivity index (χ1n) is 0. The molecule has 0 amide bonds. The second-order valence-corrected chi connectivity index (χ2v) is 0. The minimum Gasteiger partial charge on any atom is -0.412 e. The van der Waals surface area contributed by atoms with E-state index in [9.17, 15) is 0 Å². The molecular formula is H12BO2Si2. The molecule has 5 heteroatoms. The minimum absolute atomic E-state index is 0. The largest absolute Gasteiger partial charge is 0.412 e. The van der Waals surface area contributed by atoms with Crippen LogP contribution in [0.3, 0.4) is 0 Å². The van der Waals surface area contributed by atoms with E-state index in [0.717, 1.165) is 0 Å². The Morgan fingerprint density at radius 2 is 0.600 bits per heavy atom. The lowest BCUT2D eigenvalue weighted by molar-refractivity contribution is 0.823. The first kappa shape index (κ1) is 603. The molecule has 0 saturated heterocycles. The van der Waals surface area contributed by atoms with Crippen LogP contribution in [0.5, 0.6) is 0 Å². The Morgan fingerprint density at radius 3 is 0.600 bits per heavy atom. The third-order valence-electron chi connectivity index (χ3n) is 0. The van der Waals surface area contributed by atoms with Gasteiger partial charge in [0.25, 0.3) is 0 Å². The van der Waals surface area contributed by atoms with Gasteiger partial charge in [-0.15, -0.1) is 0 Å². The lowest BCUT2D eigenvalue weighted by atomic mass is 10.8. The summed E-state index contributed by atoms with van der Waals surface area (Å²) in [6.45, 7) is 0. The Morgan fingerprint density at radius 1 is 0.600 bits per heavy atom. The van der Waals surface area contributed by atoms with Crippen molar-refractivity contribution >= 4 is 30.3 Å². The van der Waals surface area contributed by atoms with E-state index in [4.69, 9.17) is 0 Å². The molecule has 0 aliphatic rings. The topological polar surface area (TPSA) is 63.0 Å². The van der Waals surface area contributed by atoms with Crippen molar-refractivity contribution in [3.05, 3.63) is 0 Å². The molecule has 0 heterocycles. The van der Waals surface area contributed by atoms with Crippen LogP contribution in [0.1, 0.15) is 0 Å². The Labute approximate surface area is 42.2 Å². The first-order valence-corrected chi connectivity index (χ1v) is 0. The number of hydrogen-bond donors (Lipinski definition) is 0. The van der Waals surface area contributed by atoms with Crippen LogP contribution in [0.2, 0.25) is 0 Å². The van der Waals surface area contributed by atoms with Crippen LogP contribution in [0.15, 0.2) is 0 Å². The average molecular weight is 111 g/mol. The molecule has 0 aromatic heterocycles. The summed E-state index contributed by atoms with van der Waals surface area (Å²) in [5.74, 6) is 0. The monoisotopic (exact) mass is 111 g/mol. The quantitative estimate of drug-likeness (QED) is 0.281. The SMILES string of the molecule is O.O.[B].[SiH4].[SiH4]. The highest BCUT2D eigenvalue weighted by Gasteiger charge is 0.000149. The Bertz CT molecular complexity index is 7.61. The highest BCUT2D eigenvalue weighted by atomic mass is 28.1. The van der Waals surface area contributed by atoms with Gasteiger partial charge in [0.05, 0.1) is 0 Å². The second kappa shape index (κ2) is 295. The summed E-state index contributed by atoms with van der Waals surface area (Å²) in [5.41, 5.74) is 0. The molecule has 35 valence electrons. The van der Waals surface area contributed by atoms with Gasteiger partial charge in [0.1, 0.15) is 0 Å². The van der Waals surface area contributed by atoms with Crippen molar-refractivity contribution in [1.82, 2.24) is 0 Å². The molecule has 0 unspecified atom stereocenters. The number of hydrogen-bond acceptors (Lipinski definition) is 0. The maximum Gasteiger partial charge on any atom is 0 e. The first-order chi connectivity index (χ1) is 0. The zero-order valence-corrected chi connectivity index (χ0v) is 1.58. The van der Waals surface area contributed by atoms with Crippen LogP contribution < -0.4 is 0 Å². The summed E-state index contributed by atoms with van der Waals surface area (Å²) in [4.78, 5) is 0. The maximum atomic E-state index is 0. The molecule has 0 fully saturated rings. The molecule has 0 aromatic carbocycles. The lowest BCUT2D eigenvalue weighted by Crippen LogP contribution is -0.382. The van der Waals surface area contributed by atoms with Crippen molar-refractivity contribution in [2.75, 3.05) is 0 Å². The van der Waals surface area contributed by atoms with Gasteiger partial charge >= 0.3 is 0 Å². The molecule has 0 aromatic rings. The lowest BCUT2D eigenvalue weighted by Gasteiger charge is -0.413. The molecule has 0 rings (SSSR count). The predicted molar refractivity (Wildman–Crippen MR) is 35.6 cm³/mol. The summed E-state index contributed by atoms with van der Waals surface area (Å²) in [6, 6.07) is 0. The molecule has 5 heavy (non-hydrogen) atoms. The highest BCUT2D eigenvalue weighted by molar-refractivity contribution is 5.76. The Hall–Kier alpha value is 0.419. The van der Waals surface area contributed by atoms with Crippen LogP contribution in [-0.4, -0.2) is 41.3 Å². The molecule has 0 saturated carbocycles. The van der Waals surface area contributed by atoms with Gasteiger partial charge in [0.2, 0.25) is 0 Å². The molecule has 0 spiro atoms. The van der Waals surface area contributed by atoms with Crippen LogP contribution in [-0.2, 0) is 0 Å². The Kier molecular flexibility index (Phi) is 35600. The van der Waals surface area contributed by atoms with Crippen LogP contribution in [0, 0.1) is 0 Å². The van der Waals surface area contributed by atoms with Crippen molar-refractivity contribution in [3.8, 4) is 0 Å². The van der Waals surface area contributed by atoms with Crippen molar-refractivity contribution in [1.29, 1.82) is 0 Å². The normalized spacial score (nSPS) is 0. The van der Waals surface area contributed by atoms with E-state index in [1.54, 1.807) is 0 Å². The summed E-state index contributed by atoms with van der Waals surface area (Å²) in [6.07, 6.45) is 0. The van der Waals surface area contributed by atoms with Gasteiger partial charge in [-0.25, -0.2) is 0 Å². The minimum atomic E-state index is 0. The van der Waals surface area contributed by atoms with E-state index in [2.05, 4.69) is 0 Å². The zero-order valence-electron chi connectivity index (χ0n) is 1.58.